The zero-order chi connectivity index (χ0) is 12.4. The van der Waals surface area contributed by atoms with E-state index in [1.807, 2.05) is 13.0 Å². The van der Waals surface area contributed by atoms with Crippen molar-refractivity contribution in [2.75, 3.05) is 0 Å². The molecular weight excluding hydrogens is 239 g/mol. The molecule has 88 valence electrons. The van der Waals surface area contributed by atoms with Crippen LogP contribution in [-0.2, 0) is 6.61 Å². The van der Waals surface area contributed by atoms with E-state index in [4.69, 9.17) is 16.7 Å². The Labute approximate surface area is 104 Å². The maximum atomic E-state index is 13.0. The fourth-order valence-electron chi connectivity index (χ4n) is 1.81. The van der Waals surface area contributed by atoms with Gasteiger partial charge >= 0.3 is 0 Å². The van der Waals surface area contributed by atoms with Crippen LogP contribution < -0.4 is 0 Å². The van der Waals surface area contributed by atoms with Crippen molar-refractivity contribution in [3.63, 3.8) is 0 Å². The zero-order valence-electron chi connectivity index (χ0n) is 9.37. The molecule has 0 bridgehead atoms. The van der Waals surface area contributed by atoms with Crippen LogP contribution in [0.1, 0.15) is 11.1 Å². The molecule has 0 saturated carbocycles. The second-order valence-electron chi connectivity index (χ2n) is 3.93. The highest BCUT2D eigenvalue weighted by Crippen LogP contribution is 2.31. The molecule has 1 nitrogen and oxygen atoms in total. The summed E-state index contributed by atoms with van der Waals surface area (Å²) >= 11 is 6.12. The molecule has 17 heavy (non-hydrogen) atoms. The molecule has 0 aliphatic rings. The van der Waals surface area contributed by atoms with E-state index in [1.54, 1.807) is 18.2 Å². The smallest absolute Gasteiger partial charge is 0.123 e. The Kier molecular flexibility index (Phi) is 3.46. The first-order valence-corrected chi connectivity index (χ1v) is 5.65. The third-order valence-electron chi connectivity index (χ3n) is 2.69. The molecule has 0 saturated heterocycles. The predicted octanol–water partition coefficient (Wildman–Crippen LogP) is 3.95. The molecule has 2 aromatic carbocycles. The van der Waals surface area contributed by atoms with Gasteiger partial charge in [0.25, 0.3) is 0 Å². The van der Waals surface area contributed by atoms with E-state index < -0.39 is 0 Å². The lowest BCUT2D eigenvalue weighted by Gasteiger charge is -2.09. The van der Waals surface area contributed by atoms with Gasteiger partial charge in [-0.3, -0.25) is 0 Å². The number of rotatable bonds is 2. The third kappa shape index (κ3) is 2.48. The Hall–Kier alpha value is -1.38. The fourth-order valence-corrected chi connectivity index (χ4v) is 2.03. The number of benzene rings is 2. The number of halogens is 2. The monoisotopic (exact) mass is 250 g/mol. The number of aliphatic hydroxyl groups is 1. The summed E-state index contributed by atoms with van der Waals surface area (Å²) in [7, 11) is 0. The van der Waals surface area contributed by atoms with E-state index in [1.165, 1.54) is 12.1 Å². The van der Waals surface area contributed by atoms with E-state index in [0.717, 1.165) is 22.3 Å². The highest BCUT2D eigenvalue weighted by molar-refractivity contribution is 6.33. The Balaban J connectivity index is 2.59. The second kappa shape index (κ2) is 4.86. The minimum Gasteiger partial charge on any atom is -0.392 e. The molecule has 0 amide bonds. The summed E-state index contributed by atoms with van der Waals surface area (Å²) in [6.07, 6.45) is 0. The molecule has 0 radical (unpaired) electrons. The topological polar surface area (TPSA) is 20.2 Å². The number of hydrogen-bond donors (Lipinski definition) is 1. The van der Waals surface area contributed by atoms with Crippen molar-refractivity contribution in [3.8, 4) is 11.1 Å². The quantitative estimate of drug-likeness (QED) is 0.856. The van der Waals surface area contributed by atoms with Gasteiger partial charge in [-0.2, -0.15) is 0 Å². The third-order valence-corrected chi connectivity index (χ3v) is 3.02. The van der Waals surface area contributed by atoms with Gasteiger partial charge in [-0.15, -0.1) is 0 Å². The fraction of sp³-hybridized carbons (Fsp3) is 0.143. The molecule has 2 rings (SSSR count). The van der Waals surface area contributed by atoms with Crippen LogP contribution in [-0.4, -0.2) is 5.11 Å². The van der Waals surface area contributed by atoms with Gasteiger partial charge < -0.3 is 5.11 Å². The summed E-state index contributed by atoms with van der Waals surface area (Å²) in [5.41, 5.74) is 3.30. The van der Waals surface area contributed by atoms with Gasteiger partial charge in [0.15, 0.2) is 0 Å². The van der Waals surface area contributed by atoms with Crippen LogP contribution in [0.5, 0.6) is 0 Å². The van der Waals surface area contributed by atoms with Crippen LogP contribution in [0.3, 0.4) is 0 Å². The second-order valence-corrected chi connectivity index (χ2v) is 4.34. The van der Waals surface area contributed by atoms with Gasteiger partial charge in [0.05, 0.1) is 6.61 Å². The first-order valence-electron chi connectivity index (χ1n) is 5.27. The molecular formula is C14H12ClFO. The van der Waals surface area contributed by atoms with E-state index in [-0.39, 0.29) is 12.4 Å². The van der Waals surface area contributed by atoms with Crippen LogP contribution in [0.4, 0.5) is 4.39 Å². The highest BCUT2D eigenvalue weighted by atomic mass is 35.5. The molecule has 0 unspecified atom stereocenters. The number of aryl methyl sites for hydroxylation is 1. The summed E-state index contributed by atoms with van der Waals surface area (Å²) < 4.78 is 13.0. The maximum Gasteiger partial charge on any atom is 0.123 e. The van der Waals surface area contributed by atoms with Crippen molar-refractivity contribution in [1.82, 2.24) is 0 Å². The lowest BCUT2D eigenvalue weighted by atomic mass is 9.99. The van der Waals surface area contributed by atoms with Crippen molar-refractivity contribution in [2.24, 2.45) is 0 Å². The van der Waals surface area contributed by atoms with Crippen LogP contribution in [0, 0.1) is 12.7 Å². The van der Waals surface area contributed by atoms with Crippen LogP contribution in [0.15, 0.2) is 36.4 Å². The minimum atomic E-state index is -0.263. The van der Waals surface area contributed by atoms with Gasteiger partial charge in [-0.05, 0) is 47.9 Å². The standard InChI is InChI=1S/C14H12ClFO/c1-9-6-11(16)3-4-12(9)13-7-10(8-17)2-5-14(13)15/h2-7,17H,8H2,1H3. The molecule has 0 atom stereocenters. The zero-order valence-corrected chi connectivity index (χ0v) is 10.1. The summed E-state index contributed by atoms with van der Waals surface area (Å²) in [5, 5.41) is 9.70. The van der Waals surface area contributed by atoms with Crippen molar-refractivity contribution < 1.29 is 9.50 Å². The average Bonchev–Trinajstić information content (AvgIpc) is 2.30. The molecule has 0 aliphatic heterocycles. The molecule has 0 aliphatic carbocycles. The molecule has 0 heterocycles. The van der Waals surface area contributed by atoms with Crippen molar-refractivity contribution in [2.45, 2.75) is 13.5 Å². The SMILES string of the molecule is Cc1cc(F)ccc1-c1cc(CO)ccc1Cl. The largest absolute Gasteiger partial charge is 0.392 e. The molecule has 0 spiro atoms. The minimum absolute atomic E-state index is 0.0373. The summed E-state index contributed by atoms with van der Waals surface area (Å²) in [4.78, 5) is 0. The normalized spacial score (nSPS) is 10.6. The first kappa shape index (κ1) is 12.1. The molecule has 0 aromatic heterocycles. The lowest BCUT2D eigenvalue weighted by Crippen LogP contribution is -1.89. The maximum absolute atomic E-state index is 13.0. The van der Waals surface area contributed by atoms with Crippen molar-refractivity contribution >= 4 is 11.6 Å². The predicted molar refractivity (Wildman–Crippen MR) is 67.5 cm³/mol. The van der Waals surface area contributed by atoms with E-state index in [2.05, 4.69) is 0 Å². The number of aliphatic hydroxyl groups excluding tert-OH is 1. The van der Waals surface area contributed by atoms with Crippen LogP contribution in [0.2, 0.25) is 5.02 Å². The highest BCUT2D eigenvalue weighted by Gasteiger charge is 2.08. The van der Waals surface area contributed by atoms with Gasteiger partial charge in [-0.1, -0.05) is 23.7 Å². The first-order chi connectivity index (χ1) is 8.11. The van der Waals surface area contributed by atoms with Gasteiger partial charge in [0.1, 0.15) is 5.82 Å². The summed E-state index contributed by atoms with van der Waals surface area (Å²) in [5.74, 6) is -0.263. The van der Waals surface area contributed by atoms with Crippen LogP contribution in [0.25, 0.3) is 11.1 Å². The Morgan fingerprint density at radius 3 is 2.53 bits per heavy atom. The van der Waals surface area contributed by atoms with Crippen LogP contribution >= 0.6 is 11.6 Å². The van der Waals surface area contributed by atoms with E-state index in [0.29, 0.717) is 5.02 Å². The Bertz CT molecular complexity index is 552. The summed E-state index contributed by atoms with van der Waals surface area (Å²) in [6, 6.07) is 9.91. The average molecular weight is 251 g/mol. The Morgan fingerprint density at radius 2 is 1.88 bits per heavy atom. The van der Waals surface area contributed by atoms with E-state index >= 15 is 0 Å². The molecule has 3 heteroatoms. The van der Waals surface area contributed by atoms with Crippen molar-refractivity contribution in [3.05, 3.63) is 58.4 Å². The van der Waals surface area contributed by atoms with E-state index in [9.17, 15) is 4.39 Å². The van der Waals surface area contributed by atoms with Gasteiger partial charge in [-0.25, -0.2) is 4.39 Å². The van der Waals surface area contributed by atoms with Gasteiger partial charge in [0, 0.05) is 10.6 Å². The Morgan fingerprint density at radius 1 is 1.12 bits per heavy atom. The number of hydrogen-bond acceptors (Lipinski definition) is 1. The lowest BCUT2D eigenvalue weighted by molar-refractivity contribution is 0.282. The summed E-state index contributed by atoms with van der Waals surface area (Å²) in [6.45, 7) is 1.80. The molecule has 2 aromatic rings. The molecule has 1 N–H and O–H groups in total. The van der Waals surface area contributed by atoms with Gasteiger partial charge in [0.2, 0.25) is 0 Å². The molecule has 0 fully saturated rings. The van der Waals surface area contributed by atoms with Crippen molar-refractivity contribution in [1.29, 1.82) is 0 Å².